The van der Waals surface area contributed by atoms with Gasteiger partial charge in [-0.2, -0.15) is 0 Å². The number of rotatable bonds is 2. The second-order valence-electron chi connectivity index (χ2n) is 8.93. The molecule has 1 aromatic rings. The first-order valence-electron chi connectivity index (χ1n) is 10.5. The molecule has 2 saturated carbocycles. The van der Waals surface area contributed by atoms with Gasteiger partial charge in [0, 0.05) is 61.9 Å². The number of amides is 1. The van der Waals surface area contributed by atoms with Gasteiger partial charge < -0.3 is 9.80 Å². The van der Waals surface area contributed by atoms with Crippen LogP contribution in [-0.2, 0) is 17.8 Å². The number of hydrogen-bond acceptors (Lipinski definition) is 4. The molecule has 1 aromatic heterocycles. The van der Waals surface area contributed by atoms with Gasteiger partial charge in [0.15, 0.2) is 0 Å². The molecule has 1 saturated heterocycles. The summed E-state index contributed by atoms with van der Waals surface area (Å²) in [5.41, 5.74) is 2.53. The summed E-state index contributed by atoms with van der Waals surface area (Å²) in [4.78, 5) is 26.9. The van der Waals surface area contributed by atoms with Crippen molar-refractivity contribution in [3.8, 4) is 0 Å². The number of fused-ring (bicyclic) bond motifs is 2. The van der Waals surface area contributed by atoms with Crippen LogP contribution in [0.4, 0.5) is 0 Å². The van der Waals surface area contributed by atoms with Crippen LogP contribution in [0.3, 0.4) is 0 Å². The van der Waals surface area contributed by atoms with Crippen LogP contribution in [-0.4, -0.2) is 52.4 Å². The average molecular weight is 354 g/mol. The number of aromatic nitrogens is 2. The van der Waals surface area contributed by atoms with Crippen molar-refractivity contribution in [3.05, 3.63) is 23.3 Å². The van der Waals surface area contributed by atoms with Gasteiger partial charge in [0.05, 0.1) is 0 Å². The van der Waals surface area contributed by atoms with Crippen molar-refractivity contribution >= 4 is 5.91 Å². The van der Waals surface area contributed by atoms with Crippen molar-refractivity contribution in [2.75, 3.05) is 26.7 Å². The Morgan fingerprint density at radius 1 is 1.08 bits per heavy atom. The van der Waals surface area contributed by atoms with Crippen LogP contribution in [0.2, 0.25) is 0 Å². The van der Waals surface area contributed by atoms with Gasteiger partial charge in [-0.3, -0.25) is 4.79 Å². The highest BCUT2D eigenvalue weighted by Crippen LogP contribution is 2.56. The second kappa shape index (κ2) is 6.59. The summed E-state index contributed by atoms with van der Waals surface area (Å²) in [6.45, 7) is 3.83. The minimum atomic E-state index is 0.367. The topological polar surface area (TPSA) is 49.3 Å². The van der Waals surface area contributed by atoms with Crippen molar-refractivity contribution in [2.24, 2.45) is 17.8 Å². The molecule has 5 nitrogen and oxygen atoms in total. The van der Waals surface area contributed by atoms with E-state index in [4.69, 9.17) is 4.98 Å². The first kappa shape index (κ1) is 16.7. The molecule has 0 N–H and O–H groups in total. The van der Waals surface area contributed by atoms with E-state index in [9.17, 15) is 4.79 Å². The van der Waals surface area contributed by atoms with Crippen LogP contribution in [0.15, 0.2) is 6.20 Å². The standard InChI is InChI=1S/C21H30N4O/c1-24-9-8-18-15(13-24)12-22-20(23-18)14-6-10-25(11-7-14)21(26)19-16-4-2-3-5-17(16)19/h12,14,16-17,19H,2-11,13H2,1H3. The van der Waals surface area contributed by atoms with E-state index < -0.39 is 0 Å². The molecule has 26 heavy (non-hydrogen) atoms. The zero-order valence-corrected chi connectivity index (χ0v) is 15.9. The Labute approximate surface area is 156 Å². The molecule has 2 unspecified atom stereocenters. The van der Waals surface area contributed by atoms with Gasteiger partial charge in [0.2, 0.25) is 5.91 Å². The van der Waals surface area contributed by atoms with Crippen molar-refractivity contribution in [2.45, 2.75) is 57.4 Å². The molecule has 2 aliphatic heterocycles. The van der Waals surface area contributed by atoms with Crippen LogP contribution < -0.4 is 0 Å². The summed E-state index contributed by atoms with van der Waals surface area (Å²) in [5.74, 6) is 3.69. The van der Waals surface area contributed by atoms with E-state index in [2.05, 4.69) is 21.8 Å². The molecule has 4 aliphatic rings. The van der Waals surface area contributed by atoms with Gasteiger partial charge in [0.1, 0.15) is 5.82 Å². The number of carbonyl (C=O) groups is 1. The smallest absolute Gasteiger partial charge is 0.226 e. The highest BCUT2D eigenvalue weighted by molar-refractivity contribution is 5.82. The number of likely N-dealkylation sites (N-methyl/N-ethyl adjacent to an activating group) is 1. The van der Waals surface area contributed by atoms with Crippen molar-refractivity contribution < 1.29 is 4.79 Å². The van der Waals surface area contributed by atoms with Crippen LogP contribution >= 0.6 is 0 Å². The van der Waals surface area contributed by atoms with Gasteiger partial charge in [-0.25, -0.2) is 9.97 Å². The summed E-state index contributed by atoms with van der Waals surface area (Å²) >= 11 is 0. The Morgan fingerprint density at radius 3 is 2.54 bits per heavy atom. The third kappa shape index (κ3) is 2.94. The van der Waals surface area contributed by atoms with E-state index in [1.807, 2.05) is 6.20 Å². The highest BCUT2D eigenvalue weighted by Gasteiger charge is 2.55. The molecular weight excluding hydrogens is 324 g/mol. The molecule has 3 heterocycles. The Balaban J connectivity index is 1.20. The summed E-state index contributed by atoms with van der Waals surface area (Å²) in [5, 5.41) is 0. The lowest BCUT2D eigenvalue weighted by molar-refractivity contribution is -0.134. The van der Waals surface area contributed by atoms with E-state index in [0.717, 1.165) is 63.1 Å². The molecule has 2 aliphatic carbocycles. The normalized spacial score (nSPS) is 32.0. The van der Waals surface area contributed by atoms with E-state index >= 15 is 0 Å². The van der Waals surface area contributed by atoms with Crippen molar-refractivity contribution in [1.29, 1.82) is 0 Å². The summed E-state index contributed by atoms with van der Waals surface area (Å²) in [7, 11) is 2.15. The molecule has 5 heteroatoms. The maximum Gasteiger partial charge on any atom is 0.226 e. The maximum absolute atomic E-state index is 12.9. The van der Waals surface area contributed by atoms with E-state index in [-0.39, 0.29) is 0 Å². The lowest BCUT2D eigenvalue weighted by atomic mass is 9.95. The van der Waals surface area contributed by atoms with Crippen molar-refractivity contribution in [1.82, 2.24) is 19.8 Å². The highest BCUT2D eigenvalue weighted by atomic mass is 16.2. The first-order chi connectivity index (χ1) is 12.7. The minimum absolute atomic E-state index is 0.367. The molecule has 140 valence electrons. The Bertz CT molecular complexity index is 685. The predicted octanol–water partition coefficient (Wildman–Crippen LogP) is 2.61. The largest absolute Gasteiger partial charge is 0.342 e. The molecule has 3 fully saturated rings. The minimum Gasteiger partial charge on any atom is -0.342 e. The third-order valence-electron chi connectivity index (χ3n) is 7.26. The lowest BCUT2D eigenvalue weighted by Crippen LogP contribution is -2.39. The molecular formula is C21H30N4O. The molecule has 2 atom stereocenters. The van der Waals surface area contributed by atoms with E-state index in [1.54, 1.807) is 0 Å². The molecule has 0 spiro atoms. The number of likely N-dealkylation sites (tertiary alicyclic amines) is 1. The van der Waals surface area contributed by atoms with Gasteiger partial charge in [-0.1, -0.05) is 12.8 Å². The molecule has 0 aromatic carbocycles. The van der Waals surface area contributed by atoms with Crippen LogP contribution in [0.5, 0.6) is 0 Å². The van der Waals surface area contributed by atoms with Crippen molar-refractivity contribution in [3.63, 3.8) is 0 Å². The Kier molecular flexibility index (Phi) is 4.23. The molecule has 1 amide bonds. The first-order valence-corrected chi connectivity index (χ1v) is 10.5. The van der Waals surface area contributed by atoms with Crippen LogP contribution in [0.1, 0.15) is 61.5 Å². The van der Waals surface area contributed by atoms with E-state index in [1.165, 1.54) is 36.9 Å². The molecule has 0 bridgehead atoms. The van der Waals surface area contributed by atoms with Gasteiger partial charge in [0.25, 0.3) is 0 Å². The quantitative estimate of drug-likeness (QED) is 0.819. The summed E-state index contributed by atoms with van der Waals surface area (Å²) in [6.07, 6.45) is 10.4. The number of hydrogen-bond donors (Lipinski definition) is 0. The number of nitrogens with zero attached hydrogens (tertiary/aromatic N) is 4. The van der Waals surface area contributed by atoms with E-state index in [0.29, 0.717) is 17.7 Å². The number of piperidine rings is 1. The Morgan fingerprint density at radius 2 is 1.81 bits per heavy atom. The second-order valence-corrected chi connectivity index (χ2v) is 8.93. The fraction of sp³-hybridized carbons (Fsp3) is 0.762. The van der Waals surface area contributed by atoms with Gasteiger partial charge in [-0.15, -0.1) is 0 Å². The Hall–Kier alpha value is -1.49. The monoisotopic (exact) mass is 354 g/mol. The number of carbonyl (C=O) groups excluding carboxylic acids is 1. The average Bonchev–Trinajstić information content (AvgIpc) is 3.41. The zero-order chi connectivity index (χ0) is 17.7. The van der Waals surface area contributed by atoms with Gasteiger partial charge in [-0.05, 0) is 44.6 Å². The van der Waals surface area contributed by atoms with Crippen LogP contribution in [0, 0.1) is 17.8 Å². The van der Waals surface area contributed by atoms with Gasteiger partial charge >= 0.3 is 0 Å². The predicted molar refractivity (Wildman–Crippen MR) is 99.6 cm³/mol. The zero-order valence-electron chi connectivity index (χ0n) is 15.9. The maximum atomic E-state index is 12.9. The molecule has 0 radical (unpaired) electrons. The third-order valence-corrected chi connectivity index (χ3v) is 7.26. The van der Waals surface area contributed by atoms with Crippen LogP contribution in [0.25, 0.3) is 0 Å². The lowest BCUT2D eigenvalue weighted by Gasteiger charge is -2.32. The summed E-state index contributed by atoms with van der Waals surface area (Å²) in [6, 6.07) is 0. The SMILES string of the molecule is CN1CCc2nc(C3CCN(C(=O)C4C5CCCCC54)CC3)ncc2C1. The summed E-state index contributed by atoms with van der Waals surface area (Å²) < 4.78 is 0. The fourth-order valence-corrected chi connectivity index (χ4v) is 5.60. The molecule has 5 rings (SSSR count). The fourth-order valence-electron chi connectivity index (χ4n) is 5.60.